The van der Waals surface area contributed by atoms with Gasteiger partial charge in [-0.15, -0.1) is 11.3 Å². The van der Waals surface area contributed by atoms with Crippen molar-refractivity contribution in [3.8, 4) is 11.3 Å². The molecule has 0 radical (unpaired) electrons. The maximum Gasteiger partial charge on any atom is 0.275 e. The highest BCUT2D eigenvalue weighted by molar-refractivity contribution is 7.14. The fraction of sp³-hybridized carbons (Fsp3) is 0.0714. The molecule has 1 aromatic carbocycles. The van der Waals surface area contributed by atoms with Crippen LogP contribution in [-0.2, 0) is 7.05 Å². The van der Waals surface area contributed by atoms with E-state index < -0.39 is 0 Å². The Hall–Kier alpha value is -2.67. The minimum Gasteiger partial charge on any atom is -0.399 e. The van der Waals surface area contributed by atoms with E-state index in [-0.39, 0.29) is 5.91 Å². The number of anilines is 2. The maximum atomic E-state index is 12.1. The van der Waals surface area contributed by atoms with E-state index in [1.54, 1.807) is 19.3 Å². The van der Waals surface area contributed by atoms with Crippen molar-refractivity contribution in [2.75, 3.05) is 11.1 Å². The van der Waals surface area contributed by atoms with Gasteiger partial charge in [-0.2, -0.15) is 5.10 Å². The molecule has 3 N–H and O–H groups in total. The van der Waals surface area contributed by atoms with Crippen LogP contribution in [0.25, 0.3) is 11.3 Å². The molecule has 3 rings (SSSR count). The molecule has 0 atom stereocenters. The lowest BCUT2D eigenvalue weighted by atomic mass is 10.1. The van der Waals surface area contributed by atoms with Crippen LogP contribution in [0.1, 0.15) is 10.5 Å². The fourth-order valence-corrected chi connectivity index (χ4v) is 2.59. The molecule has 0 saturated carbocycles. The van der Waals surface area contributed by atoms with Crippen LogP contribution in [0.4, 0.5) is 10.8 Å². The number of thiazole rings is 1. The lowest BCUT2D eigenvalue weighted by Crippen LogP contribution is -2.15. The quantitative estimate of drug-likeness (QED) is 0.727. The molecular formula is C14H13N5OS. The monoisotopic (exact) mass is 299 g/mol. The minimum absolute atomic E-state index is 0.229. The van der Waals surface area contributed by atoms with E-state index in [2.05, 4.69) is 15.4 Å². The smallest absolute Gasteiger partial charge is 0.275 e. The molecule has 0 aliphatic carbocycles. The molecule has 6 nitrogen and oxygen atoms in total. The second-order valence-electron chi connectivity index (χ2n) is 4.45. The Bertz CT molecular complexity index is 775. The number of carbonyl (C=O) groups excluding carboxylic acids is 1. The van der Waals surface area contributed by atoms with Gasteiger partial charge >= 0.3 is 0 Å². The summed E-state index contributed by atoms with van der Waals surface area (Å²) in [5.41, 5.74) is 8.62. The number of amides is 1. The van der Waals surface area contributed by atoms with Crippen molar-refractivity contribution in [2.45, 2.75) is 0 Å². The number of nitrogens with one attached hydrogen (secondary N) is 1. The highest BCUT2D eigenvalue weighted by Gasteiger charge is 2.12. The molecule has 2 heterocycles. The highest BCUT2D eigenvalue weighted by Crippen LogP contribution is 2.25. The average molecular weight is 299 g/mol. The van der Waals surface area contributed by atoms with E-state index >= 15 is 0 Å². The van der Waals surface area contributed by atoms with E-state index in [1.165, 1.54) is 16.0 Å². The Balaban J connectivity index is 1.78. The standard InChI is InChI=1S/C14H13N5OS/c1-19-12(6-7-16-19)13(20)18-14-17-11(8-21-14)9-2-4-10(15)5-3-9/h2-8H,15H2,1H3,(H,17,18,20). The van der Waals surface area contributed by atoms with Crippen molar-refractivity contribution >= 4 is 28.1 Å². The topological polar surface area (TPSA) is 85.8 Å². The van der Waals surface area contributed by atoms with Gasteiger partial charge in [-0.1, -0.05) is 12.1 Å². The summed E-state index contributed by atoms with van der Waals surface area (Å²) >= 11 is 1.38. The van der Waals surface area contributed by atoms with Crippen LogP contribution in [0, 0.1) is 0 Å². The van der Waals surface area contributed by atoms with Gasteiger partial charge in [-0.05, 0) is 18.2 Å². The summed E-state index contributed by atoms with van der Waals surface area (Å²) in [6.45, 7) is 0. The number of nitrogens with zero attached hydrogens (tertiary/aromatic N) is 3. The van der Waals surface area contributed by atoms with Gasteiger partial charge in [0.1, 0.15) is 5.69 Å². The van der Waals surface area contributed by atoms with Gasteiger partial charge in [-0.25, -0.2) is 4.98 Å². The van der Waals surface area contributed by atoms with Gasteiger partial charge < -0.3 is 5.73 Å². The van der Waals surface area contributed by atoms with Gasteiger partial charge in [-0.3, -0.25) is 14.8 Å². The Morgan fingerprint density at radius 1 is 1.29 bits per heavy atom. The van der Waals surface area contributed by atoms with Gasteiger partial charge in [0.25, 0.3) is 5.91 Å². The van der Waals surface area contributed by atoms with Gasteiger partial charge in [0, 0.05) is 29.9 Å². The summed E-state index contributed by atoms with van der Waals surface area (Å²) in [5.74, 6) is -0.229. The molecule has 2 aromatic heterocycles. The third kappa shape index (κ3) is 2.77. The normalized spacial score (nSPS) is 10.5. The molecule has 0 fully saturated rings. The number of carbonyl (C=O) groups is 1. The van der Waals surface area contributed by atoms with Crippen molar-refractivity contribution in [3.63, 3.8) is 0 Å². The van der Waals surface area contributed by atoms with E-state index in [9.17, 15) is 4.79 Å². The van der Waals surface area contributed by atoms with Crippen LogP contribution in [0.3, 0.4) is 0 Å². The predicted molar refractivity (Wildman–Crippen MR) is 83.1 cm³/mol. The minimum atomic E-state index is -0.229. The zero-order chi connectivity index (χ0) is 14.8. The van der Waals surface area contributed by atoms with Crippen LogP contribution < -0.4 is 11.1 Å². The summed E-state index contributed by atoms with van der Waals surface area (Å²) in [4.78, 5) is 16.5. The van der Waals surface area contributed by atoms with Crippen LogP contribution in [0.15, 0.2) is 41.9 Å². The first kappa shape index (κ1) is 13.3. The summed E-state index contributed by atoms with van der Waals surface area (Å²) in [6, 6.07) is 9.10. The van der Waals surface area contributed by atoms with Crippen molar-refractivity contribution in [1.29, 1.82) is 0 Å². The number of aryl methyl sites for hydroxylation is 1. The molecule has 7 heteroatoms. The fourth-order valence-electron chi connectivity index (χ4n) is 1.88. The van der Waals surface area contributed by atoms with Crippen molar-refractivity contribution in [1.82, 2.24) is 14.8 Å². The lowest BCUT2D eigenvalue weighted by molar-refractivity contribution is 0.101. The molecule has 0 unspecified atom stereocenters. The van der Waals surface area contributed by atoms with Gasteiger partial charge in [0.15, 0.2) is 5.13 Å². The van der Waals surface area contributed by atoms with Crippen LogP contribution in [-0.4, -0.2) is 20.7 Å². The van der Waals surface area contributed by atoms with E-state index in [1.807, 2.05) is 29.6 Å². The summed E-state index contributed by atoms with van der Waals surface area (Å²) in [7, 11) is 1.72. The highest BCUT2D eigenvalue weighted by atomic mass is 32.1. The number of nitrogen functional groups attached to an aromatic ring is 1. The molecule has 106 valence electrons. The van der Waals surface area contributed by atoms with Gasteiger partial charge in [0.2, 0.25) is 0 Å². The third-order valence-electron chi connectivity index (χ3n) is 2.98. The lowest BCUT2D eigenvalue weighted by Gasteiger charge is -2.01. The number of hydrogen-bond acceptors (Lipinski definition) is 5. The summed E-state index contributed by atoms with van der Waals surface area (Å²) in [6.07, 6.45) is 1.58. The number of hydrogen-bond donors (Lipinski definition) is 2. The second kappa shape index (κ2) is 5.37. The van der Waals surface area contributed by atoms with Gasteiger partial charge in [0.05, 0.1) is 5.69 Å². The number of rotatable bonds is 3. The number of nitrogens with two attached hydrogens (primary N) is 1. The van der Waals surface area contributed by atoms with Crippen LogP contribution >= 0.6 is 11.3 Å². The molecular weight excluding hydrogens is 286 g/mol. The largest absolute Gasteiger partial charge is 0.399 e. The number of aromatic nitrogens is 3. The molecule has 3 aromatic rings. The molecule has 0 aliphatic rings. The van der Waals surface area contributed by atoms with Crippen LogP contribution in [0.2, 0.25) is 0 Å². The van der Waals surface area contributed by atoms with E-state index in [4.69, 9.17) is 5.73 Å². The predicted octanol–water partition coefficient (Wildman–Crippen LogP) is 2.38. The Morgan fingerprint density at radius 2 is 2.05 bits per heavy atom. The second-order valence-corrected chi connectivity index (χ2v) is 5.31. The molecule has 0 aliphatic heterocycles. The molecule has 21 heavy (non-hydrogen) atoms. The van der Waals surface area contributed by atoms with E-state index in [0.29, 0.717) is 16.5 Å². The van der Waals surface area contributed by atoms with Crippen LogP contribution in [0.5, 0.6) is 0 Å². The maximum absolute atomic E-state index is 12.1. The molecule has 0 saturated heterocycles. The molecule has 0 spiro atoms. The Morgan fingerprint density at radius 3 is 2.71 bits per heavy atom. The number of benzene rings is 1. The van der Waals surface area contributed by atoms with Crippen molar-refractivity contribution in [2.24, 2.45) is 7.05 Å². The van der Waals surface area contributed by atoms with E-state index in [0.717, 1.165) is 11.3 Å². The first-order chi connectivity index (χ1) is 10.1. The van der Waals surface area contributed by atoms with Crippen molar-refractivity contribution < 1.29 is 4.79 Å². The zero-order valence-corrected chi connectivity index (χ0v) is 12.1. The first-order valence-corrected chi connectivity index (χ1v) is 7.12. The SMILES string of the molecule is Cn1nccc1C(=O)Nc1nc(-c2ccc(N)cc2)cs1. The Kier molecular flexibility index (Phi) is 3.41. The first-order valence-electron chi connectivity index (χ1n) is 6.24. The third-order valence-corrected chi connectivity index (χ3v) is 3.74. The zero-order valence-electron chi connectivity index (χ0n) is 11.3. The van der Waals surface area contributed by atoms with Crippen molar-refractivity contribution in [3.05, 3.63) is 47.6 Å². The molecule has 1 amide bonds. The molecule has 0 bridgehead atoms. The summed E-state index contributed by atoms with van der Waals surface area (Å²) < 4.78 is 1.52. The summed E-state index contributed by atoms with van der Waals surface area (Å²) in [5, 5.41) is 9.18. The Labute approximate surface area is 125 Å². The average Bonchev–Trinajstić information content (AvgIpc) is 3.09.